The quantitative estimate of drug-likeness (QED) is 0.749. The van der Waals surface area contributed by atoms with Crippen LogP contribution in [0.15, 0.2) is 22.7 Å². The van der Waals surface area contributed by atoms with Crippen molar-refractivity contribution >= 4 is 27.3 Å². The molecule has 4 heteroatoms. The van der Waals surface area contributed by atoms with Crippen molar-refractivity contribution in [3.05, 3.63) is 22.7 Å². The Balaban J connectivity index is 2.97. The molecule has 1 aromatic rings. The number of hydrogen-bond acceptors (Lipinski definition) is 3. The molecule has 0 spiro atoms. The molecule has 0 aromatic heterocycles. The van der Waals surface area contributed by atoms with Crippen molar-refractivity contribution in [1.82, 2.24) is 0 Å². The van der Waals surface area contributed by atoms with E-state index in [9.17, 15) is 5.11 Å². The topological polar surface area (TPSA) is 58.3 Å². The van der Waals surface area contributed by atoms with E-state index in [2.05, 4.69) is 21.2 Å². The number of hydrogen-bond donors (Lipinski definition) is 3. The average molecular weight is 287 g/mol. The van der Waals surface area contributed by atoms with E-state index in [-0.39, 0.29) is 0 Å². The van der Waals surface area contributed by atoms with E-state index in [4.69, 9.17) is 5.73 Å². The zero-order chi connectivity index (χ0) is 12.6. The van der Waals surface area contributed by atoms with Crippen LogP contribution in [-0.2, 0) is 0 Å². The smallest absolute Gasteiger partial charge is 0.0814 e. The van der Waals surface area contributed by atoms with E-state index in [0.29, 0.717) is 5.69 Å². The van der Waals surface area contributed by atoms with Gasteiger partial charge in [-0.15, -0.1) is 0 Å². The van der Waals surface area contributed by atoms with Gasteiger partial charge in [0.1, 0.15) is 0 Å². The summed E-state index contributed by atoms with van der Waals surface area (Å²) in [6.07, 6.45) is 0. The van der Waals surface area contributed by atoms with Crippen molar-refractivity contribution in [2.24, 2.45) is 0 Å². The Morgan fingerprint density at radius 2 is 1.81 bits per heavy atom. The summed E-state index contributed by atoms with van der Waals surface area (Å²) in [7, 11) is 0. The minimum absolute atomic E-state index is 0.463. The van der Waals surface area contributed by atoms with Crippen LogP contribution >= 0.6 is 15.9 Å². The lowest BCUT2D eigenvalue weighted by Gasteiger charge is -2.39. The molecule has 1 aromatic carbocycles. The summed E-state index contributed by atoms with van der Waals surface area (Å²) in [5.41, 5.74) is 6.08. The predicted octanol–water partition coefficient (Wildman–Crippen LogP) is 2.99. The van der Waals surface area contributed by atoms with Gasteiger partial charge >= 0.3 is 0 Å². The number of benzene rings is 1. The zero-order valence-corrected chi connectivity index (χ0v) is 11.7. The minimum Gasteiger partial charge on any atom is -0.397 e. The third kappa shape index (κ3) is 2.89. The van der Waals surface area contributed by atoms with E-state index in [1.165, 1.54) is 0 Å². The Morgan fingerprint density at radius 1 is 1.25 bits per heavy atom. The fourth-order valence-corrected chi connectivity index (χ4v) is 1.52. The number of aliphatic hydroxyl groups is 1. The molecule has 0 aliphatic carbocycles. The van der Waals surface area contributed by atoms with Gasteiger partial charge in [-0.1, -0.05) is 15.9 Å². The summed E-state index contributed by atoms with van der Waals surface area (Å²) in [5.74, 6) is 0. The maximum atomic E-state index is 10.0. The molecule has 4 N–H and O–H groups in total. The molecule has 0 saturated carbocycles. The first-order valence-electron chi connectivity index (χ1n) is 5.19. The second kappa shape index (κ2) is 4.26. The van der Waals surface area contributed by atoms with Gasteiger partial charge in [-0.3, -0.25) is 0 Å². The first kappa shape index (κ1) is 13.3. The second-order valence-corrected chi connectivity index (χ2v) is 5.96. The molecular weight excluding hydrogens is 268 g/mol. The van der Waals surface area contributed by atoms with Gasteiger partial charge in [0.25, 0.3) is 0 Å². The largest absolute Gasteiger partial charge is 0.397 e. The molecule has 16 heavy (non-hydrogen) atoms. The van der Waals surface area contributed by atoms with E-state index >= 15 is 0 Å². The van der Waals surface area contributed by atoms with Gasteiger partial charge in [-0.2, -0.15) is 0 Å². The van der Waals surface area contributed by atoms with Crippen molar-refractivity contribution in [3.8, 4) is 0 Å². The molecule has 0 saturated heterocycles. The van der Waals surface area contributed by atoms with Crippen LogP contribution in [0, 0.1) is 0 Å². The average Bonchev–Trinajstić information content (AvgIpc) is 2.08. The standard InChI is InChI=1S/C12H19BrN2O/c1-11(2,12(3,4)16)15-10-6-5-8(13)7-9(10)14/h5-7,15-16H,14H2,1-4H3. The van der Waals surface area contributed by atoms with Crippen molar-refractivity contribution in [1.29, 1.82) is 0 Å². The summed E-state index contributed by atoms with van der Waals surface area (Å²) in [4.78, 5) is 0. The zero-order valence-electron chi connectivity index (χ0n) is 10.1. The summed E-state index contributed by atoms with van der Waals surface area (Å²) >= 11 is 3.36. The lowest BCUT2D eigenvalue weighted by molar-refractivity contribution is 0.0241. The van der Waals surface area contributed by atoms with Crippen LogP contribution in [0.4, 0.5) is 11.4 Å². The highest BCUT2D eigenvalue weighted by Gasteiger charge is 2.35. The van der Waals surface area contributed by atoms with Crippen LogP contribution in [-0.4, -0.2) is 16.2 Å². The Labute approximate surface area is 105 Å². The number of anilines is 2. The molecular formula is C12H19BrN2O. The highest BCUT2D eigenvalue weighted by molar-refractivity contribution is 9.10. The fourth-order valence-electron chi connectivity index (χ4n) is 1.14. The van der Waals surface area contributed by atoms with E-state index < -0.39 is 11.1 Å². The first-order valence-corrected chi connectivity index (χ1v) is 5.98. The molecule has 3 nitrogen and oxygen atoms in total. The molecule has 0 unspecified atom stereocenters. The van der Waals surface area contributed by atoms with Crippen LogP contribution in [0.5, 0.6) is 0 Å². The van der Waals surface area contributed by atoms with Gasteiger partial charge in [0.2, 0.25) is 0 Å². The van der Waals surface area contributed by atoms with Gasteiger partial charge in [0, 0.05) is 4.47 Å². The van der Waals surface area contributed by atoms with Crippen molar-refractivity contribution in [2.75, 3.05) is 11.1 Å². The molecule has 0 fully saturated rings. The summed E-state index contributed by atoms with van der Waals surface area (Å²) in [5, 5.41) is 13.3. The summed E-state index contributed by atoms with van der Waals surface area (Å²) in [6.45, 7) is 7.42. The van der Waals surface area contributed by atoms with E-state index in [1.54, 1.807) is 13.8 Å². The molecule has 0 aliphatic rings. The molecule has 0 atom stereocenters. The van der Waals surface area contributed by atoms with Crippen molar-refractivity contribution < 1.29 is 5.11 Å². The third-order valence-electron chi connectivity index (χ3n) is 2.99. The molecule has 0 heterocycles. The van der Waals surface area contributed by atoms with Crippen molar-refractivity contribution in [2.45, 2.75) is 38.8 Å². The number of halogens is 1. The third-order valence-corrected chi connectivity index (χ3v) is 3.48. The van der Waals surface area contributed by atoms with E-state index in [1.807, 2.05) is 32.0 Å². The molecule has 0 bridgehead atoms. The fraction of sp³-hybridized carbons (Fsp3) is 0.500. The number of nitrogen functional groups attached to an aromatic ring is 1. The van der Waals surface area contributed by atoms with Gasteiger partial charge in [-0.05, 0) is 45.9 Å². The van der Waals surface area contributed by atoms with Gasteiger partial charge in [0.15, 0.2) is 0 Å². The highest BCUT2D eigenvalue weighted by Crippen LogP contribution is 2.30. The van der Waals surface area contributed by atoms with Crippen LogP contribution in [0.25, 0.3) is 0 Å². The predicted molar refractivity (Wildman–Crippen MR) is 72.6 cm³/mol. The number of nitrogens with two attached hydrogens (primary N) is 1. The van der Waals surface area contributed by atoms with Crippen molar-refractivity contribution in [3.63, 3.8) is 0 Å². The molecule has 90 valence electrons. The normalized spacial score (nSPS) is 12.6. The Hall–Kier alpha value is -0.740. The lowest BCUT2D eigenvalue weighted by Crippen LogP contribution is -2.51. The summed E-state index contributed by atoms with van der Waals surface area (Å²) in [6, 6.07) is 5.65. The Morgan fingerprint density at radius 3 is 2.25 bits per heavy atom. The van der Waals surface area contributed by atoms with Crippen LogP contribution < -0.4 is 11.1 Å². The SMILES string of the molecule is CC(C)(O)C(C)(C)Nc1ccc(Br)cc1N. The maximum absolute atomic E-state index is 10.0. The molecule has 1 rings (SSSR count). The Kier molecular flexibility index (Phi) is 3.55. The molecule has 0 radical (unpaired) electrons. The monoisotopic (exact) mass is 286 g/mol. The maximum Gasteiger partial charge on any atom is 0.0814 e. The second-order valence-electron chi connectivity index (χ2n) is 5.04. The lowest BCUT2D eigenvalue weighted by atomic mass is 9.85. The summed E-state index contributed by atoms with van der Waals surface area (Å²) < 4.78 is 0.941. The van der Waals surface area contributed by atoms with Gasteiger partial charge in [0.05, 0.1) is 22.5 Å². The van der Waals surface area contributed by atoms with Gasteiger partial charge < -0.3 is 16.2 Å². The number of nitrogens with one attached hydrogen (secondary N) is 1. The van der Waals surface area contributed by atoms with Crippen LogP contribution in [0.3, 0.4) is 0 Å². The number of rotatable bonds is 3. The molecule has 0 amide bonds. The first-order chi connectivity index (χ1) is 7.13. The highest BCUT2D eigenvalue weighted by atomic mass is 79.9. The van der Waals surface area contributed by atoms with Gasteiger partial charge in [-0.25, -0.2) is 0 Å². The molecule has 0 aliphatic heterocycles. The van der Waals surface area contributed by atoms with E-state index in [0.717, 1.165) is 10.2 Å². The van der Waals surface area contributed by atoms with Crippen LogP contribution in [0.2, 0.25) is 0 Å². The minimum atomic E-state index is -0.841. The Bertz CT molecular complexity index is 383. The van der Waals surface area contributed by atoms with Crippen LogP contribution in [0.1, 0.15) is 27.7 Å².